The molecule has 0 bridgehead atoms. The maximum Gasteiger partial charge on any atom is 0.416 e. The normalized spacial score (nSPS) is 24.2. The lowest BCUT2D eigenvalue weighted by Crippen LogP contribution is -2.46. The molecule has 1 aliphatic carbocycles. The van der Waals surface area contributed by atoms with E-state index in [0.717, 1.165) is 61.3 Å². The van der Waals surface area contributed by atoms with Gasteiger partial charge in [0.05, 0.1) is 22.3 Å². The van der Waals surface area contributed by atoms with Gasteiger partial charge in [-0.3, -0.25) is 15.8 Å². The number of hydrogen-bond acceptors (Lipinski definition) is 4. The minimum absolute atomic E-state index is 0.107. The minimum Gasteiger partial charge on any atom is -0.257 e. The summed E-state index contributed by atoms with van der Waals surface area (Å²) in [7, 11) is 0. The van der Waals surface area contributed by atoms with E-state index in [9.17, 15) is 13.2 Å². The monoisotopic (exact) mass is 426 g/mol. The molecular formula is C24H25F3N4. The SMILES string of the molecule is FC(F)(F)c1ccccc1Cc1cnc2cccc(C3CCC4(CCNN4)CC3)c2n1. The van der Waals surface area contributed by atoms with Crippen molar-refractivity contribution in [2.24, 2.45) is 0 Å². The van der Waals surface area contributed by atoms with Crippen LogP contribution < -0.4 is 10.9 Å². The van der Waals surface area contributed by atoms with Gasteiger partial charge in [0.2, 0.25) is 0 Å². The fraction of sp³-hybridized carbons (Fsp3) is 0.417. The summed E-state index contributed by atoms with van der Waals surface area (Å²) in [6.45, 7) is 1.01. The number of hydrogen-bond donors (Lipinski definition) is 2. The number of hydrazine groups is 1. The van der Waals surface area contributed by atoms with Gasteiger partial charge in [-0.2, -0.15) is 13.2 Å². The summed E-state index contributed by atoms with van der Waals surface area (Å²) in [5.41, 5.74) is 9.89. The van der Waals surface area contributed by atoms with Crippen LogP contribution in [0.1, 0.15) is 60.4 Å². The van der Waals surface area contributed by atoms with Gasteiger partial charge in [-0.25, -0.2) is 4.98 Å². The molecule has 1 aliphatic heterocycles. The topological polar surface area (TPSA) is 49.8 Å². The molecule has 162 valence electrons. The quantitative estimate of drug-likeness (QED) is 0.609. The van der Waals surface area contributed by atoms with Crippen molar-refractivity contribution in [3.63, 3.8) is 0 Å². The first-order valence-corrected chi connectivity index (χ1v) is 10.8. The van der Waals surface area contributed by atoms with Gasteiger partial charge in [-0.1, -0.05) is 30.3 Å². The van der Waals surface area contributed by atoms with Crippen LogP contribution in [-0.2, 0) is 12.6 Å². The zero-order valence-electron chi connectivity index (χ0n) is 17.2. The van der Waals surface area contributed by atoms with E-state index in [1.807, 2.05) is 12.1 Å². The number of alkyl halides is 3. The molecule has 0 radical (unpaired) electrons. The fourth-order valence-corrected chi connectivity index (χ4v) is 5.12. The Morgan fingerprint density at radius 1 is 1.00 bits per heavy atom. The van der Waals surface area contributed by atoms with E-state index in [-0.39, 0.29) is 17.5 Å². The van der Waals surface area contributed by atoms with E-state index >= 15 is 0 Å². The molecule has 1 saturated carbocycles. The molecule has 2 aliphatic rings. The Hall–Kier alpha value is -2.51. The Balaban J connectivity index is 1.44. The summed E-state index contributed by atoms with van der Waals surface area (Å²) in [5.74, 6) is 0.392. The van der Waals surface area contributed by atoms with Crippen LogP contribution in [0.4, 0.5) is 13.2 Å². The molecule has 0 amide bonds. The molecule has 3 aromatic rings. The van der Waals surface area contributed by atoms with E-state index in [1.54, 1.807) is 12.3 Å². The first-order chi connectivity index (χ1) is 14.9. The van der Waals surface area contributed by atoms with E-state index in [0.29, 0.717) is 11.6 Å². The second-order valence-electron chi connectivity index (χ2n) is 8.76. The van der Waals surface area contributed by atoms with Crippen molar-refractivity contribution in [3.8, 4) is 0 Å². The summed E-state index contributed by atoms with van der Waals surface area (Å²) in [5, 5.41) is 0. The Bertz CT molecular complexity index is 1080. The molecule has 1 saturated heterocycles. The third-order valence-corrected chi connectivity index (χ3v) is 6.81. The maximum absolute atomic E-state index is 13.4. The number of nitrogens with zero attached hydrogens (tertiary/aromatic N) is 2. The molecule has 2 heterocycles. The summed E-state index contributed by atoms with van der Waals surface area (Å²) >= 11 is 0. The molecule has 1 aromatic heterocycles. The zero-order valence-corrected chi connectivity index (χ0v) is 17.2. The number of fused-ring (bicyclic) bond motifs is 1. The van der Waals surface area contributed by atoms with Crippen molar-refractivity contribution in [1.29, 1.82) is 0 Å². The van der Waals surface area contributed by atoms with Gasteiger partial charge < -0.3 is 0 Å². The third-order valence-electron chi connectivity index (χ3n) is 6.81. The standard InChI is InChI=1S/C24H25F3N4/c25-24(26,27)20-6-2-1-4-17(20)14-18-15-28-21-7-3-5-19(22(21)30-18)16-8-10-23(11-9-16)12-13-29-31-23/h1-7,15-16,29,31H,8-14H2. The van der Waals surface area contributed by atoms with E-state index in [1.165, 1.54) is 12.1 Å². The molecule has 2 fully saturated rings. The predicted molar refractivity (Wildman–Crippen MR) is 113 cm³/mol. The number of halogens is 3. The van der Waals surface area contributed by atoms with E-state index in [2.05, 4.69) is 21.9 Å². The van der Waals surface area contributed by atoms with Crippen LogP contribution in [0.5, 0.6) is 0 Å². The molecule has 2 N–H and O–H groups in total. The fourth-order valence-electron chi connectivity index (χ4n) is 5.12. The first kappa shape index (κ1) is 20.4. The van der Waals surface area contributed by atoms with Gasteiger partial charge in [0.1, 0.15) is 0 Å². The number of aromatic nitrogens is 2. The Kier molecular flexibility index (Phi) is 5.18. The van der Waals surface area contributed by atoms with Crippen LogP contribution in [0.2, 0.25) is 0 Å². The lowest BCUT2D eigenvalue weighted by molar-refractivity contribution is -0.138. The van der Waals surface area contributed by atoms with Crippen molar-refractivity contribution in [3.05, 3.63) is 71.0 Å². The molecule has 0 unspecified atom stereocenters. The third kappa shape index (κ3) is 4.04. The highest BCUT2D eigenvalue weighted by atomic mass is 19.4. The van der Waals surface area contributed by atoms with Crippen LogP contribution in [0, 0.1) is 0 Å². The lowest BCUT2D eigenvalue weighted by Gasteiger charge is -2.37. The molecule has 7 heteroatoms. The van der Waals surface area contributed by atoms with Crippen LogP contribution in [0.25, 0.3) is 11.0 Å². The molecule has 31 heavy (non-hydrogen) atoms. The number of nitrogens with one attached hydrogen (secondary N) is 2. The number of para-hydroxylation sites is 1. The Morgan fingerprint density at radius 3 is 2.55 bits per heavy atom. The van der Waals surface area contributed by atoms with Crippen LogP contribution in [0.15, 0.2) is 48.7 Å². The van der Waals surface area contributed by atoms with E-state index < -0.39 is 11.7 Å². The van der Waals surface area contributed by atoms with Crippen LogP contribution in [0.3, 0.4) is 0 Å². The van der Waals surface area contributed by atoms with Gasteiger partial charge in [0.15, 0.2) is 0 Å². The highest BCUT2D eigenvalue weighted by Gasteiger charge is 2.38. The largest absolute Gasteiger partial charge is 0.416 e. The molecule has 2 aromatic carbocycles. The Labute approximate surface area is 179 Å². The predicted octanol–water partition coefficient (Wildman–Crippen LogP) is 5.13. The average Bonchev–Trinajstić information content (AvgIpc) is 3.21. The Morgan fingerprint density at radius 2 is 1.81 bits per heavy atom. The van der Waals surface area contributed by atoms with Crippen molar-refractivity contribution >= 4 is 11.0 Å². The summed E-state index contributed by atoms with van der Waals surface area (Å²) in [6.07, 6.45) is 2.82. The van der Waals surface area contributed by atoms with Crippen molar-refractivity contribution < 1.29 is 13.2 Å². The van der Waals surface area contributed by atoms with Gasteiger partial charge >= 0.3 is 6.18 Å². The number of benzene rings is 2. The second kappa shape index (κ2) is 7.88. The smallest absolute Gasteiger partial charge is 0.257 e. The number of rotatable bonds is 3. The second-order valence-corrected chi connectivity index (χ2v) is 8.76. The highest BCUT2D eigenvalue weighted by molar-refractivity contribution is 5.78. The summed E-state index contributed by atoms with van der Waals surface area (Å²) in [4.78, 5) is 9.33. The molecule has 4 nitrogen and oxygen atoms in total. The van der Waals surface area contributed by atoms with Crippen molar-refractivity contribution in [2.45, 2.75) is 56.2 Å². The van der Waals surface area contributed by atoms with Gasteiger partial charge in [0.25, 0.3) is 0 Å². The summed E-state index contributed by atoms with van der Waals surface area (Å²) in [6, 6.07) is 11.7. The van der Waals surface area contributed by atoms with Crippen molar-refractivity contribution in [2.75, 3.05) is 6.54 Å². The van der Waals surface area contributed by atoms with Crippen LogP contribution >= 0.6 is 0 Å². The molecule has 5 rings (SSSR count). The maximum atomic E-state index is 13.4. The lowest BCUT2D eigenvalue weighted by atomic mass is 9.73. The molecule has 0 atom stereocenters. The average molecular weight is 426 g/mol. The van der Waals surface area contributed by atoms with Gasteiger partial charge in [0, 0.05) is 24.7 Å². The molecular weight excluding hydrogens is 401 g/mol. The summed E-state index contributed by atoms with van der Waals surface area (Å²) < 4.78 is 40.2. The molecule has 1 spiro atoms. The van der Waals surface area contributed by atoms with Crippen molar-refractivity contribution in [1.82, 2.24) is 20.8 Å². The van der Waals surface area contributed by atoms with Gasteiger partial charge in [-0.05, 0) is 61.3 Å². The zero-order chi connectivity index (χ0) is 21.5. The van der Waals surface area contributed by atoms with E-state index in [4.69, 9.17) is 4.98 Å². The minimum atomic E-state index is -4.38. The van der Waals surface area contributed by atoms with Gasteiger partial charge in [-0.15, -0.1) is 0 Å². The van der Waals surface area contributed by atoms with Crippen LogP contribution in [-0.4, -0.2) is 22.1 Å². The highest BCUT2D eigenvalue weighted by Crippen LogP contribution is 2.42. The first-order valence-electron chi connectivity index (χ1n) is 10.8.